The van der Waals surface area contributed by atoms with Crippen molar-refractivity contribution in [2.24, 2.45) is 0 Å². The second-order valence-electron chi connectivity index (χ2n) is 6.90. The highest BCUT2D eigenvalue weighted by atomic mass is 35.5. The summed E-state index contributed by atoms with van der Waals surface area (Å²) >= 11 is 5.87. The summed E-state index contributed by atoms with van der Waals surface area (Å²) in [5.74, 6) is -1.44. The minimum Gasteiger partial charge on any atom is -0.452 e. The van der Waals surface area contributed by atoms with E-state index < -0.39 is 12.6 Å². The SMILES string of the molecule is O=C(COC(=O)c1ccccc1C(=O)c1ccc(Cl)cc1)NCCCc1ccccc1. The molecule has 6 heteroatoms. The Bertz CT molecular complexity index is 1050. The highest BCUT2D eigenvalue weighted by Crippen LogP contribution is 2.18. The normalized spacial score (nSPS) is 10.4. The zero-order chi connectivity index (χ0) is 22.1. The van der Waals surface area contributed by atoms with Gasteiger partial charge in [-0.2, -0.15) is 0 Å². The van der Waals surface area contributed by atoms with Crippen molar-refractivity contribution in [3.63, 3.8) is 0 Å². The molecular formula is C25H22ClNO4. The van der Waals surface area contributed by atoms with Gasteiger partial charge in [-0.3, -0.25) is 9.59 Å². The van der Waals surface area contributed by atoms with E-state index in [0.717, 1.165) is 12.8 Å². The minimum absolute atomic E-state index is 0.110. The van der Waals surface area contributed by atoms with Crippen molar-refractivity contribution in [2.45, 2.75) is 12.8 Å². The fourth-order valence-electron chi connectivity index (χ4n) is 3.04. The number of esters is 1. The van der Waals surface area contributed by atoms with Crippen LogP contribution in [0.2, 0.25) is 5.02 Å². The van der Waals surface area contributed by atoms with E-state index >= 15 is 0 Å². The highest BCUT2D eigenvalue weighted by molar-refractivity contribution is 6.30. The van der Waals surface area contributed by atoms with Crippen molar-refractivity contribution < 1.29 is 19.1 Å². The van der Waals surface area contributed by atoms with Crippen LogP contribution in [-0.2, 0) is 16.0 Å². The van der Waals surface area contributed by atoms with Gasteiger partial charge in [-0.25, -0.2) is 4.79 Å². The van der Waals surface area contributed by atoms with E-state index in [2.05, 4.69) is 5.32 Å². The van der Waals surface area contributed by atoms with Gasteiger partial charge >= 0.3 is 5.97 Å². The number of halogens is 1. The molecule has 3 aromatic carbocycles. The number of carbonyl (C=O) groups is 3. The molecule has 5 nitrogen and oxygen atoms in total. The molecule has 0 radical (unpaired) electrons. The molecule has 0 saturated heterocycles. The molecular weight excluding hydrogens is 414 g/mol. The van der Waals surface area contributed by atoms with Gasteiger partial charge in [0.25, 0.3) is 5.91 Å². The number of carbonyl (C=O) groups excluding carboxylic acids is 3. The first kappa shape index (κ1) is 22.2. The van der Waals surface area contributed by atoms with Gasteiger partial charge in [0, 0.05) is 22.7 Å². The van der Waals surface area contributed by atoms with Crippen molar-refractivity contribution in [1.29, 1.82) is 0 Å². The zero-order valence-electron chi connectivity index (χ0n) is 16.8. The Morgan fingerprint density at radius 1 is 0.806 bits per heavy atom. The molecule has 0 aliphatic heterocycles. The van der Waals surface area contributed by atoms with Gasteiger partial charge < -0.3 is 10.1 Å². The maximum absolute atomic E-state index is 12.8. The Labute approximate surface area is 186 Å². The maximum atomic E-state index is 12.8. The molecule has 0 fully saturated rings. The second-order valence-corrected chi connectivity index (χ2v) is 7.33. The van der Waals surface area contributed by atoms with E-state index in [4.69, 9.17) is 16.3 Å². The topological polar surface area (TPSA) is 72.5 Å². The fraction of sp³-hybridized carbons (Fsp3) is 0.160. The second kappa shape index (κ2) is 11.1. The number of aryl methyl sites for hydroxylation is 1. The highest BCUT2D eigenvalue weighted by Gasteiger charge is 2.19. The first-order valence-corrected chi connectivity index (χ1v) is 10.3. The van der Waals surface area contributed by atoms with Crippen LogP contribution >= 0.6 is 11.6 Å². The summed E-state index contributed by atoms with van der Waals surface area (Å²) in [6.07, 6.45) is 1.63. The van der Waals surface area contributed by atoms with Gasteiger partial charge in [0.2, 0.25) is 0 Å². The van der Waals surface area contributed by atoms with E-state index in [1.165, 1.54) is 11.6 Å². The molecule has 3 aromatic rings. The lowest BCUT2D eigenvalue weighted by atomic mass is 9.98. The lowest BCUT2D eigenvalue weighted by molar-refractivity contribution is -0.124. The average Bonchev–Trinajstić information content (AvgIpc) is 2.81. The molecule has 0 heterocycles. The number of amides is 1. The molecule has 0 bridgehead atoms. The average molecular weight is 436 g/mol. The predicted octanol–water partition coefficient (Wildman–Crippen LogP) is 4.48. The van der Waals surface area contributed by atoms with Crippen molar-refractivity contribution in [3.05, 3.63) is 106 Å². The first-order chi connectivity index (χ1) is 15.0. The van der Waals surface area contributed by atoms with Gasteiger partial charge in [0.15, 0.2) is 12.4 Å². The third-order valence-electron chi connectivity index (χ3n) is 4.64. The molecule has 3 rings (SSSR count). The molecule has 158 valence electrons. The van der Waals surface area contributed by atoms with Crippen LogP contribution in [0.4, 0.5) is 0 Å². The standard InChI is InChI=1S/C25H22ClNO4/c26-20-14-12-19(13-15-20)24(29)21-10-4-5-11-22(21)25(30)31-17-23(28)27-16-6-9-18-7-2-1-3-8-18/h1-5,7-8,10-15H,6,9,16-17H2,(H,27,28). The molecule has 0 aliphatic carbocycles. The molecule has 0 atom stereocenters. The van der Waals surface area contributed by atoms with E-state index in [0.29, 0.717) is 17.1 Å². The van der Waals surface area contributed by atoms with E-state index in [1.807, 2.05) is 30.3 Å². The quantitative estimate of drug-likeness (QED) is 0.305. The monoisotopic (exact) mass is 435 g/mol. The Morgan fingerprint density at radius 3 is 2.16 bits per heavy atom. The molecule has 31 heavy (non-hydrogen) atoms. The summed E-state index contributed by atoms with van der Waals surface area (Å²) in [7, 11) is 0. The van der Waals surface area contributed by atoms with Gasteiger partial charge in [0.1, 0.15) is 0 Å². The largest absolute Gasteiger partial charge is 0.452 e. The van der Waals surface area contributed by atoms with Crippen LogP contribution in [0.5, 0.6) is 0 Å². The van der Waals surface area contributed by atoms with Crippen LogP contribution in [-0.4, -0.2) is 30.8 Å². The van der Waals surface area contributed by atoms with Crippen LogP contribution in [0.1, 0.15) is 38.3 Å². The molecule has 1 N–H and O–H groups in total. The number of hydrogen-bond donors (Lipinski definition) is 1. The third-order valence-corrected chi connectivity index (χ3v) is 4.89. The smallest absolute Gasteiger partial charge is 0.339 e. The van der Waals surface area contributed by atoms with Gasteiger partial charge in [-0.15, -0.1) is 0 Å². The molecule has 0 aromatic heterocycles. The summed E-state index contributed by atoms with van der Waals surface area (Å²) < 4.78 is 5.13. The predicted molar refractivity (Wildman–Crippen MR) is 119 cm³/mol. The Morgan fingerprint density at radius 2 is 1.45 bits per heavy atom. The van der Waals surface area contributed by atoms with Crippen LogP contribution in [0.3, 0.4) is 0 Å². The number of nitrogens with one attached hydrogen (secondary N) is 1. The maximum Gasteiger partial charge on any atom is 0.339 e. The van der Waals surface area contributed by atoms with Crippen LogP contribution in [0, 0.1) is 0 Å². The molecule has 0 aliphatic rings. The molecule has 0 saturated carbocycles. The number of ketones is 1. The summed E-state index contributed by atoms with van der Waals surface area (Å²) in [5.41, 5.74) is 1.92. The summed E-state index contributed by atoms with van der Waals surface area (Å²) in [5, 5.41) is 3.25. The van der Waals surface area contributed by atoms with Crippen molar-refractivity contribution in [2.75, 3.05) is 13.2 Å². The molecule has 0 spiro atoms. The Kier molecular flexibility index (Phi) is 7.96. The van der Waals surface area contributed by atoms with Gasteiger partial charge in [-0.05, 0) is 48.7 Å². The number of benzene rings is 3. The van der Waals surface area contributed by atoms with Crippen LogP contribution in [0.25, 0.3) is 0 Å². The first-order valence-electron chi connectivity index (χ1n) is 9.91. The van der Waals surface area contributed by atoms with E-state index in [1.54, 1.807) is 42.5 Å². The fourth-order valence-corrected chi connectivity index (χ4v) is 3.17. The Balaban J connectivity index is 1.51. The number of ether oxygens (including phenoxy) is 1. The van der Waals surface area contributed by atoms with Gasteiger partial charge in [0.05, 0.1) is 5.56 Å². The van der Waals surface area contributed by atoms with Gasteiger partial charge in [-0.1, -0.05) is 60.1 Å². The molecule has 1 amide bonds. The van der Waals surface area contributed by atoms with Crippen LogP contribution in [0.15, 0.2) is 78.9 Å². The Hall–Kier alpha value is -3.44. The van der Waals surface area contributed by atoms with Crippen LogP contribution < -0.4 is 5.32 Å². The summed E-state index contributed by atoms with van der Waals surface area (Å²) in [6, 6.07) is 22.7. The number of hydrogen-bond acceptors (Lipinski definition) is 4. The number of rotatable bonds is 9. The van der Waals surface area contributed by atoms with Crippen molar-refractivity contribution in [3.8, 4) is 0 Å². The zero-order valence-corrected chi connectivity index (χ0v) is 17.6. The summed E-state index contributed by atoms with van der Waals surface area (Å²) in [4.78, 5) is 37.3. The van der Waals surface area contributed by atoms with Crippen molar-refractivity contribution >= 4 is 29.3 Å². The third kappa shape index (κ3) is 6.52. The van der Waals surface area contributed by atoms with Crippen molar-refractivity contribution in [1.82, 2.24) is 5.32 Å². The lowest BCUT2D eigenvalue weighted by Gasteiger charge is -2.10. The minimum atomic E-state index is -0.725. The lowest BCUT2D eigenvalue weighted by Crippen LogP contribution is -2.30. The molecule has 0 unspecified atom stereocenters. The summed E-state index contributed by atoms with van der Waals surface area (Å²) in [6.45, 7) is 0.0740. The van der Waals surface area contributed by atoms with E-state index in [9.17, 15) is 14.4 Å². The van der Waals surface area contributed by atoms with E-state index in [-0.39, 0.29) is 22.8 Å².